The van der Waals surface area contributed by atoms with Gasteiger partial charge in [0.05, 0.1) is 17.7 Å². The molecule has 4 heteroatoms. The average molecular weight is 308 g/mol. The molecule has 0 radical (unpaired) electrons. The molecular weight excluding hydrogens is 288 g/mol. The molecule has 0 saturated heterocycles. The van der Waals surface area contributed by atoms with Crippen LogP contribution in [0.4, 0.5) is 0 Å². The molecule has 23 heavy (non-hydrogen) atoms. The first kappa shape index (κ1) is 16.6. The van der Waals surface area contributed by atoms with E-state index < -0.39 is 0 Å². The van der Waals surface area contributed by atoms with Gasteiger partial charge in [0.15, 0.2) is 6.61 Å². The molecule has 0 aliphatic rings. The minimum atomic E-state index is -0.178. The molecule has 2 rings (SSSR count). The molecule has 1 atom stereocenters. The fourth-order valence-electron chi connectivity index (χ4n) is 2.36. The number of carbonyl (C=O) groups excluding carboxylic acids is 1. The summed E-state index contributed by atoms with van der Waals surface area (Å²) in [6.45, 7) is 5.97. The molecule has 1 amide bonds. The third-order valence-corrected chi connectivity index (χ3v) is 3.63. The minimum absolute atomic E-state index is 0.0545. The highest BCUT2D eigenvalue weighted by molar-refractivity contribution is 5.78. The van der Waals surface area contributed by atoms with E-state index in [-0.39, 0.29) is 18.6 Å². The van der Waals surface area contributed by atoms with Gasteiger partial charge in [0.25, 0.3) is 5.91 Å². The molecular formula is C19H20N2O2. The van der Waals surface area contributed by atoms with Crippen LogP contribution in [0.1, 0.15) is 35.2 Å². The van der Waals surface area contributed by atoms with Crippen LogP contribution >= 0.6 is 0 Å². The predicted octanol–water partition coefficient (Wildman–Crippen LogP) is 3.43. The van der Waals surface area contributed by atoms with Crippen LogP contribution in [0.5, 0.6) is 5.75 Å². The Hall–Kier alpha value is -2.80. The van der Waals surface area contributed by atoms with Crippen LogP contribution in [-0.4, -0.2) is 12.5 Å². The molecule has 0 saturated carbocycles. The highest BCUT2D eigenvalue weighted by Crippen LogP contribution is 2.19. The van der Waals surface area contributed by atoms with Crippen molar-refractivity contribution in [1.82, 2.24) is 5.32 Å². The van der Waals surface area contributed by atoms with E-state index in [1.54, 1.807) is 24.3 Å². The van der Waals surface area contributed by atoms with E-state index in [1.165, 1.54) is 5.56 Å². The van der Waals surface area contributed by atoms with Crippen molar-refractivity contribution in [2.75, 3.05) is 6.61 Å². The van der Waals surface area contributed by atoms with E-state index in [0.29, 0.717) is 11.3 Å². The van der Waals surface area contributed by atoms with E-state index in [9.17, 15) is 4.79 Å². The van der Waals surface area contributed by atoms with Crippen LogP contribution in [0.25, 0.3) is 0 Å². The van der Waals surface area contributed by atoms with Gasteiger partial charge in [-0.25, -0.2) is 0 Å². The molecule has 1 unspecified atom stereocenters. The normalized spacial score (nSPS) is 11.4. The first-order valence-corrected chi connectivity index (χ1v) is 7.49. The summed E-state index contributed by atoms with van der Waals surface area (Å²) in [6.07, 6.45) is 0. The van der Waals surface area contributed by atoms with Gasteiger partial charge < -0.3 is 10.1 Å². The second-order valence-electron chi connectivity index (χ2n) is 5.57. The lowest BCUT2D eigenvalue weighted by atomic mass is 10.00. The largest absolute Gasteiger partial charge is 0.484 e. The molecule has 0 spiro atoms. The van der Waals surface area contributed by atoms with Crippen molar-refractivity contribution in [1.29, 1.82) is 5.26 Å². The first-order valence-electron chi connectivity index (χ1n) is 7.49. The molecule has 2 aromatic rings. The summed E-state index contributed by atoms with van der Waals surface area (Å²) in [5, 5.41) is 11.7. The van der Waals surface area contributed by atoms with Crippen molar-refractivity contribution >= 4 is 5.91 Å². The molecule has 0 fully saturated rings. The van der Waals surface area contributed by atoms with Gasteiger partial charge in [-0.15, -0.1) is 0 Å². The van der Waals surface area contributed by atoms with E-state index >= 15 is 0 Å². The number of rotatable bonds is 5. The van der Waals surface area contributed by atoms with Crippen molar-refractivity contribution in [2.45, 2.75) is 26.8 Å². The number of benzene rings is 2. The number of aryl methyl sites for hydroxylation is 2. The van der Waals surface area contributed by atoms with Crippen LogP contribution in [-0.2, 0) is 4.79 Å². The number of ether oxygens (including phenoxy) is 1. The summed E-state index contributed by atoms with van der Waals surface area (Å²) in [6, 6.07) is 14.8. The Morgan fingerprint density at radius 3 is 2.57 bits per heavy atom. The maximum atomic E-state index is 12.0. The van der Waals surface area contributed by atoms with Gasteiger partial charge in [-0.05, 0) is 56.2 Å². The Labute approximate surface area is 136 Å². The molecule has 2 aromatic carbocycles. The maximum Gasteiger partial charge on any atom is 0.258 e. The fourth-order valence-corrected chi connectivity index (χ4v) is 2.36. The maximum absolute atomic E-state index is 12.0. The standard InChI is InChI=1S/C19H20N2O2/c1-13-4-5-14(2)18(10-13)15(3)21-19(22)12-23-17-8-6-16(11-20)7-9-17/h4-10,15H,12H2,1-3H3,(H,21,22). The van der Waals surface area contributed by atoms with Crippen LogP contribution in [0.2, 0.25) is 0 Å². The Balaban J connectivity index is 1.91. The Morgan fingerprint density at radius 2 is 1.91 bits per heavy atom. The Morgan fingerprint density at radius 1 is 1.22 bits per heavy atom. The Kier molecular flexibility index (Phi) is 5.37. The molecule has 0 aliphatic heterocycles. The average Bonchev–Trinajstić information content (AvgIpc) is 2.55. The van der Waals surface area contributed by atoms with Crippen LogP contribution in [0.15, 0.2) is 42.5 Å². The van der Waals surface area contributed by atoms with Gasteiger partial charge in [-0.3, -0.25) is 4.79 Å². The molecule has 0 bridgehead atoms. The summed E-state index contributed by atoms with van der Waals surface area (Å²) in [5.74, 6) is 0.390. The number of nitriles is 1. The number of amides is 1. The first-order chi connectivity index (χ1) is 11.0. The van der Waals surface area contributed by atoms with Gasteiger partial charge in [0.1, 0.15) is 5.75 Å². The monoisotopic (exact) mass is 308 g/mol. The second-order valence-corrected chi connectivity index (χ2v) is 5.57. The van der Waals surface area contributed by atoms with Crippen molar-refractivity contribution in [2.24, 2.45) is 0 Å². The summed E-state index contributed by atoms with van der Waals surface area (Å²) < 4.78 is 5.44. The summed E-state index contributed by atoms with van der Waals surface area (Å²) in [4.78, 5) is 12.0. The van der Waals surface area contributed by atoms with Gasteiger partial charge in [-0.1, -0.05) is 23.8 Å². The fraction of sp³-hybridized carbons (Fsp3) is 0.263. The lowest BCUT2D eigenvalue weighted by Gasteiger charge is -2.17. The third kappa shape index (κ3) is 4.58. The zero-order valence-electron chi connectivity index (χ0n) is 13.6. The quantitative estimate of drug-likeness (QED) is 0.920. The van der Waals surface area contributed by atoms with E-state index in [0.717, 1.165) is 11.1 Å². The topological polar surface area (TPSA) is 62.1 Å². The van der Waals surface area contributed by atoms with Crippen LogP contribution in [0, 0.1) is 25.2 Å². The van der Waals surface area contributed by atoms with Crippen molar-refractivity contribution in [3.05, 3.63) is 64.7 Å². The summed E-state index contributed by atoms with van der Waals surface area (Å²) in [7, 11) is 0. The number of carbonyl (C=O) groups is 1. The number of nitrogens with one attached hydrogen (secondary N) is 1. The highest BCUT2D eigenvalue weighted by atomic mass is 16.5. The Bertz CT molecular complexity index is 730. The van der Waals surface area contributed by atoms with Crippen LogP contribution < -0.4 is 10.1 Å². The SMILES string of the molecule is Cc1ccc(C)c(C(C)NC(=O)COc2ccc(C#N)cc2)c1. The van der Waals surface area contributed by atoms with Gasteiger partial charge in [-0.2, -0.15) is 5.26 Å². The molecule has 0 aromatic heterocycles. The molecule has 0 heterocycles. The second kappa shape index (κ2) is 7.46. The summed E-state index contributed by atoms with van der Waals surface area (Å²) in [5.41, 5.74) is 3.99. The predicted molar refractivity (Wildman–Crippen MR) is 89.1 cm³/mol. The smallest absolute Gasteiger partial charge is 0.258 e. The lowest BCUT2D eigenvalue weighted by Crippen LogP contribution is -2.31. The zero-order chi connectivity index (χ0) is 16.8. The molecule has 0 aliphatic carbocycles. The van der Waals surface area contributed by atoms with E-state index in [4.69, 9.17) is 10.00 Å². The van der Waals surface area contributed by atoms with E-state index in [2.05, 4.69) is 23.5 Å². The van der Waals surface area contributed by atoms with Crippen molar-refractivity contribution in [3.8, 4) is 11.8 Å². The van der Waals surface area contributed by atoms with Gasteiger partial charge >= 0.3 is 0 Å². The molecule has 4 nitrogen and oxygen atoms in total. The third-order valence-electron chi connectivity index (χ3n) is 3.63. The molecule has 1 N–H and O–H groups in total. The van der Waals surface area contributed by atoms with Crippen molar-refractivity contribution < 1.29 is 9.53 Å². The number of hydrogen-bond acceptors (Lipinski definition) is 3. The van der Waals surface area contributed by atoms with E-state index in [1.807, 2.05) is 26.8 Å². The van der Waals surface area contributed by atoms with Gasteiger partial charge in [0, 0.05) is 0 Å². The summed E-state index contributed by atoms with van der Waals surface area (Å²) >= 11 is 0. The minimum Gasteiger partial charge on any atom is -0.484 e. The lowest BCUT2D eigenvalue weighted by molar-refractivity contribution is -0.123. The number of hydrogen-bond donors (Lipinski definition) is 1. The molecule has 118 valence electrons. The zero-order valence-corrected chi connectivity index (χ0v) is 13.6. The number of nitrogens with zero attached hydrogens (tertiary/aromatic N) is 1. The highest BCUT2D eigenvalue weighted by Gasteiger charge is 2.12. The van der Waals surface area contributed by atoms with Crippen LogP contribution in [0.3, 0.4) is 0 Å². The van der Waals surface area contributed by atoms with Crippen molar-refractivity contribution in [3.63, 3.8) is 0 Å². The van der Waals surface area contributed by atoms with Gasteiger partial charge in [0.2, 0.25) is 0 Å².